The molecule has 0 rings (SSSR count). The molecule has 1 amide bonds. The first-order valence-corrected chi connectivity index (χ1v) is 3.66. The van der Waals surface area contributed by atoms with E-state index in [0.29, 0.717) is 12.8 Å². The molecule has 65 valence electrons. The van der Waals surface area contributed by atoms with Gasteiger partial charge in [0.05, 0.1) is 0 Å². The number of carbonyl (C=O) groups excluding carboxylic acids is 1. The summed E-state index contributed by atoms with van der Waals surface area (Å²) in [6, 6.07) is 0. The Balaban J connectivity index is 4.16. The van der Waals surface area contributed by atoms with Gasteiger partial charge in [0, 0.05) is 0 Å². The molecule has 0 heterocycles. The third-order valence-corrected chi connectivity index (χ3v) is 1.87. The summed E-state index contributed by atoms with van der Waals surface area (Å²) >= 11 is 0. The van der Waals surface area contributed by atoms with Crippen molar-refractivity contribution in [3.63, 3.8) is 0 Å². The Hall–Kier alpha value is -0.770. The molecule has 0 aromatic carbocycles. The fourth-order valence-corrected chi connectivity index (χ4v) is 0.841. The Labute approximate surface area is 66.3 Å². The molecule has 0 fully saturated rings. The second-order valence-corrected chi connectivity index (χ2v) is 2.46. The fourth-order valence-electron chi connectivity index (χ4n) is 0.841. The third kappa shape index (κ3) is 2.76. The summed E-state index contributed by atoms with van der Waals surface area (Å²) in [7, 11) is 0. The molecule has 0 spiro atoms. The van der Waals surface area contributed by atoms with E-state index >= 15 is 0 Å². The van der Waals surface area contributed by atoms with Crippen LogP contribution in [0, 0.1) is 0 Å². The predicted molar refractivity (Wildman–Crippen MR) is 39.5 cm³/mol. The van der Waals surface area contributed by atoms with Crippen molar-refractivity contribution < 1.29 is 14.6 Å². The third-order valence-electron chi connectivity index (χ3n) is 1.87. The highest BCUT2D eigenvalue weighted by molar-refractivity contribution is 5.65. The summed E-state index contributed by atoms with van der Waals surface area (Å²) < 4.78 is 4.71. The van der Waals surface area contributed by atoms with Crippen LogP contribution in [-0.4, -0.2) is 18.3 Å². The van der Waals surface area contributed by atoms with Gasteiger partial charge >= 0.3 is 6.09 Å². The van der Waals surface area contributed by atoms with Gasteiger partial charge in [-0.2, -0.15) is 0 Å². The van der Waals surface area contributed by atoms with Crippen molar-refractivity contribution in [2.75, 3.05) is 6.61 Å². The molecule has 0 bridgehead atoms. The van der Waals surface area contributed by atoms with Crippen molar-refractivity contribution in [1.29, 1.82) is 0 Å². The van der Waals surface area contributed by atoms with Gasteiger partial charge in [-0.15, -0.1) is 0 Å². The Morgan fingerprint density at radius 3 is 2.00 bits per heavy atom. The SMILES string of the molecule is CCC(CC)(C[O])OC(N)=O. The van der Waals surface area contributed by atoms with E-state index in [1.165, 1.54) is 0 Å². The average Bonchev–Trinajstić information content (AvgIpc) is 2.00. The molecule has 0 aliphatic rings. The number of hydrogen-bond donors (Lipinski definition) is 1. The lowest BCUT2D eigenvalue weighted by molar-refractivity contribution is -0.0523. The molecular weight excluding hydrogens is 146 g/mol. The molecule has 0 saturated carbocycles. The summed E-state index contributed by atoms with van der Waals surface area (Å²) in [6.45, 7) is 3.16. The van der Waals surface area contributed by atoms with Crippen LogP contribution in [0.2, 0.25) is 0 Å². The van der Waals surface area contributed by atoms with Crippen LogP contribution in [0.1, 0.15) is 26.7 Å². The van der Waals surface area contributed by atoms with Gasteiger partial charge in [-0.3, -0.25) is 0 Å². The molecule has 4 nitrogen and oxygen atoms in total. The van der Waals surface area contributed by atoms with E-state index in [4.69, 9.17) is 10.5 Å². The van der Waals surface area contributed by atoms with Crippen molar-refractivity contribution >= 4 is 6.09 Å². The summed E-state index contributed by atoms with van der Waals surface area (Å²) in [5.74, 6) is 0. The van der Waals surface area contributed by atoms with Gasteiger partial charge < -0.3 is 10.5 Å². The molecule has 1 radical (unpaired) electrons. The predicted octanol–water partition coefficient (Wildman–Crippen LogP) is 1.07. The Kier molecular flexibility index (Phi) is 3.89. The number of nitrogens with two attached hydrogens (primary N) is 1. The molecule has 0 saturated heterocycles. The van der Waals surface area contributed by atoms with E-state index in [1.807, 2.05) is 0 Å². The lowest BCUT2D eigenvalue weighted by Crippen LogP contribution is -2.39. The zero-order valence-electron chi connectivity index (χ0n) is 6.92. The number of amides is 1. The average molecular weight is 160 g/mol. The fraction of sp³-hybridized carbons (Fsp3) is 0.857. The van der Waals surface area contributed by atoms with Gasteiger partial charge in [0.1, 0.15) is 12.2 Å². The van der Waals surface area contributed by atoms with Crippen LogP contribution in [0.5, 0.6) is 0 Å². The van der Waals surface area contributed by atoms with E-state index in [0.717, 1.165) is 0 Å². The van der Waals surface area contributed by atoms with Crippen LogP contribution in [0.25, 0.3) is 0 Å². The number of hydrogen-bond acceptors (Lipinski definition) is 2. The Morgan fingerprint density at radius 1 is 1.45 bits per heavy atom. The van der Waals surface area contributed by atoms with E-state index in [9.17, 15) is 9.90 Å². The minimum atomic E-state index is -0.883. The normalized spacial score (nSPS) is 11.2. The smallest absolute Gasteiger partial charge is 0.405 e. The molecule has 0 aromatic rings. The van der Waals surface area contributed by atoms with Crippen LogP contribution in [0.4, 0.5) is 4.79 Å². The molecule has 0 aromatic heterocycles. The highest BCUT2D eigenvalue weighted by Crippen LogP contribution is 2.19. The van der Waals surface area contributed by atoms with E-state index in [2.05, 4.69) is 0 Å². The maximum absolute atomic E-state index is 10.6. The molecule has 0 unspecified atom stereocenters. The Bertz CT molecular complexity index is 123. The first-order valence-electron chi connectivity index (χ1n) is 3.66. The topological polar surface area (TPSA) is 72.2 Å². The van der Waals surface area contributed by atoms with Gasteiger partial charge in [0.2, 0.25) is 0 Å². The lowest BCUT2D eigenvalue weighted by Gasteiger charge is -2.27. The molecule has 4 heteroatoms. The first kappa shape index (κ1) is 10.2. The van der Waals surface area contributed by atoms with E-state index < -0.39 is 18.3 Å². The van der Waals surface area contributed by atoms with Crippen molar-refractivity contribution in [3.05, 3.63) is 0 Å². The summed E-state index contributed by atoms with van der Waals surface area (Å²) in [5, 5.41) is 10.6. The summed E-state index contributed by atoms with van der Waals surface area (Å²) in [5.41, 5.74) is 3.92. The zero-order valence-corrected chi connectivity index (χ0v) is 6.92. The van der Waals surface area contributed by atoms with Gasteiger partial charge in [0.25, 0.3) is 0 Å². The molecular formula is C7H14NO3. The van der Waals surface area contributed by atoms with Crippen LogP contribution >= 0.6 is 0 Å². The Morgan fingerprint density at radius 2 is 1.91 bits per heavy atom. The lowest BCUT2D eigenvalue weighted by atomic mass is 9.99. The van der Waals surface area contributed by atoms with Gasteiger partial charge in [-0.25, -0.2) is 9.90 Å². The van der Waals surface area contributed by atoms with Gasteiger partial charge in [0.15, 0.2) is 0 Å². The second-order valence-electron chi connectivity index (χ2n) is 2.46. The first-order chi connectivity index (χ1) is 5.10. The molecule has 0 aliphatic heterocycles. The van der Waals surface area contributed by atoms with Crippen LogP contribution < -0.4 is 5.73 Å². The van der Waals surface area contributed by atoms with Crippen molar-refractivity contribution in [1.82, 2.24) is 0 Å². The van der Waals surface area contributed by atoms with Gasteiger partial charge in [-0.05, 0) is 12.8 Å². The molecule has 2 N–H and O–H groups in total. The highest BCUT2D eigenvalue weighted by atomic mass is 16.6. The van der Waals surface area contributed by atoms with Gasteiger partial charge in [-0.1, -0.05) is 13.8 Å². The van der Waals surface area contributed by atoms with Crippen LogP contribution in [0.15, 0.2) is 0 Å². The minimum Gasteiger partial charge on any atom is -0.441 e. The molecule has 11 heavy (non-hydrogen) atoms. The molecule has 0 atom stereocenters. The van der Waals surface area contributed by atoms with E-state index in [1.54, 1.807) is 13.8 Å². The van der Waals surface area contributed by atoms with Crippen LogP contribution in [0.3, 0.4) is 0 Å². The van der Waals surface area contributed by atoms with Crippen molar-refractivity contribution in [2.45, 2.75) is 32.3 Å². The van der Waals surface area contributed by atoms with Crippen molar-refractivity contribution in [3.8, 4) is 0 Å². The minimum absolute atomic E-state index is 0.428. The number of ether oxygens (including phenoxy) is 1. The zero-order chi connectivity index (χ0) is 8.91. The summed E-state index contributed by atoms with van der Waals surface area (Å²) in [6.07, 6.45) is 0.149. The quantitative estimate of drug-likeness (QED) is 0.668. The number of rotatable bonds is 4. The largest absolute Gasteiger partial charge is 0.441 e. The molecule has 0 aliphatic carbocycles. The highest BCUT2D eigenvalue weighted by Gasteiger charge is 2.29. The van der Waals surface area contributed by atoms with E-state index in [-0.39, 0.29) is 0 Å². The maximum atomic E-state index is 10.6. The monoisotopic (exact) mass is 160 g/mol. The second kappa shape index (κ2) is 4.18. The number of primary amides is 1. The summed E-state index contributed by atoms with van der Waals surface area (Å²) in [4.78, 5) is 10.4. The number of carbonyl (C=O) groups is 1. The van der Waals surface area contributed by atoms with Crippen molar-refractivity contribution in [2.24, 2.45) is 5.73 Å². The standard InChI is InChI=1S/C7H14NO3/c1-3-7(4-2,5-9)11-6(8)10/h3-5H2,1-2H3,(H2,8,10). The van der Waals surface area contributed by atoms with Crippen LogP contribution in [-0.2, 0) is 9.84 Å². The maximum Gasteiger partial charge on any atom is 0.405 e.